The first-order valence-corrected chi connectivity index (χ1v) is 3.59. The van der Waals surface area contributed by atoms with Gasteiger partial charge in [-0.25, -0.2) is 9.13 Å². The van der Waals surface area contributed by atoms with E-state index in [1.807, 2.05) is 0 Å². The second kappa shape index (κ2) is 4.45. The molecule has 0 saturated carbocycles. The Kier molecular flexibility index (Phi) is 4.29. The standard InChI is InChI=1S/C6H4O2P.Fe/c7-9(8)6-4-2-1-3-5-6;/h2-5H;/q-1;. The van der Waals surface area contributed by atoms with Gasteiger partial charge in [-0.2, -0.15) is 30.3 Å². The molecule has 54 valence electrons. The Balaban J connectivity index is 0.000000810. The van der Waals surface area contributed by atoms with Crippen LogP contribution in [0.2, 0.25) is 0 Å². The van der Waals surface area contributed by atoms with E-state index >= 15 is 0 Å². The zero-order chi connectivity index (χ0) is 6.69. The van der Waals surface area contributed by atoms with Crippen molar-refractivity contribution in [2.24, 2.45) is 0 Å². The molecule has 0 saturated heterocycles. The number of hydrogen-bond acceptors (Lipinski definition) is 2. The van der Waals surface area contributed by atoms with Gasteiger partial charge in [-0.3, -0.25) is 0 Å². The van der Waals surface area contributed by atoms with E-state index in [0.29, 0.717) is 5.30 Å². The molecule has 0 radical (unpaired) electrons. The topological polar surface area (TPSA) is 34.1 Å². The fourth-order valence-electron chi connectivity index (χ4n) is 0.500. The maximum atomic E-state index is 10.2. The summed E-state index contributed by atoms with van der Waals surface area (Å²) in [6.07, 6.45) is 0. The van der Waals surface area contributed by atoms with Crippen molar-refractivity contribution in [1.29, 1.82) is 0 Å². The Morgan fingerprint density at radius 2 is 1.70 bits per heavy atom. The Morgan fingerprint density at radius 1 is 1.20 bits per heavy atom. The van der Waals surface area contributed by atoms with Crippen molar-refractivity contribution in [2.75, 3.05) is 0 Å². The SMILES string of the molecule is O=P(=O)c1cc[c-]cc1.[Fe]. The molecular weight excluding hydrogens is 191 g/mol. The first-order chi connectivity index (χ1) is 4.30. The quantitative estimate of drug-likeness (QED) is 0.384. The van der Waals surface area contributed by atoms with Crippen LogP contribution in [-0.2, 0) is 26.2 Å². The molecule has 0 fully saturated rings. The molecule has 1 aromatic rings. The number of hydrogen-bond donors (Lipinski definition) is 0. The van der Waals surface area contributed by atoms with Crippen molar-refractivity contribution in [3.05, 3.63) is 30.3 Å². The van der Waals surface area contributed by atoms with Crippen molar-refractivity contribution in [2.45, 2.75) is 0 Å². The molecule has 0 N–H and O–H groups in total. The molecule has 0 heterocycles. The molecule has 4 heteroatoms. The Hall–Kier alpha value is -0.361. The van der Waals surface area contributed by atoms with Crippen molar-refractivity contribution in [3.8, 4) is 0 Å². The molecule has 1 rings (SSSR count). The van der Waals surface area contributed by atoms with Gasteiger partial charge in [-0.15, -0.1) is 0 Å². The van der Waals surface area contributed by atoms with Crippen LogP contribution < -0.4 is 5.30 Å². The van der Waals surface area contributed by atoms with Gasteiger partial charge in [0.15, 0.2) is 0 Å². The summed E-state index contributed by atoms with van der Waals surface area (Å²) in [5.74, 6) is 0. The van der Waals surface area contributed by atoms with Gasteiger partial charge in [-0.1, -0.05) is 0 Å². The Bertz CT molecular complexity index is 248. The fraction of sp³-hybridized carbons (Fsp3) is 0. The molecule has 0 aliphatic rings. The smallest absolute Gasteiger partial charge is 0.234 e. The van der Waals surface area contributed by atoms with E-state index in [4.69, 9.17) is 0 Å². The molecule has 0 spiro atoms. The third kappa shape index (κ3) is 2.49. The summed E-state index contributed by atoms with van der Waals surface area (Å²) in [6, 6.07) is 8.87. The first kappa shape index (κ1) is 9.64. The van der Waals surface area contributed by atoms with Gasteiger partial charge in [0.1, 0.15) is 0 Å². The van der Waals surface area contributed by atoms with E-state index in [0.717, 1.165) is 0 Å². The minimum absolute atomic E-state index is 0. The molecule has 0 amide bonds. The molecule has 0 atom stereocenters. The molecule has 0 bridgehead atoms. The molecular formula is C6H4FeO2P-. The molecule has 0 aliphatic carbocycles. The van der Waals surface area contributed by atoms with E-state index in [1.54, 1.807) is 12.1 Å². The minimum atomic E-state index is -2.42. The van der Waals surface area contributed by atoms with E-state index in [9.17, 15) is 9.13 Å². The van der Waals surface area contributed by atoms with Crippen LogP contribution in [0.4, 0.5) is 0 Å². The summed E-state index contributed by atoms with van der Waals surface area (Å²) in [4.78, 5) is 0. The van der Waals surface area contributed by atoms with E-state index in [1.165, 1.54) is 12.1 Å². The molecule has 0 unspecified atom stereocenters. The average Bonchev–Trinajstić information content (AvgIpc) is 1.90. The van der Waals surface area contributed by atoms with Gasteiger partial charge in [-0.05, 0) is 5.30 Å². The Labute approximate surface area is 69.9 Å². The van der Waals surface area contributed by atoms with Gasteiger partial charge in [0, 0.05) is 17.1 Å². The number of benzene rings is 1. The summed E-state index contributed by atoms with van der Waals surface area (Å²) in [5.41, 5.74) is 0. The van der Waals surface area contributed by atoms with Crippen LogP contribution in [0.15, 0.2) is 24.3 Å². The summed E-state index contributed by atoms with van der Waals surface area (Å²) >= 11 is 0. The summed E-state index contributed by atoms with van der Waals surface area (Å²) in [6.45, 7) is 0. The van der Waals surface area contributed by atoms with Gasteiger partial charge < -0.3 is 0 Å². The summed E-state index contributed by atoms with van der Waals surface area (Å²) in [5, 5.41) is 0.337. The maximum absolute atomic E-state index is 10.2. The van der Waals surface area contributed by atoms with Gasteiger partial charge >= 0.3 is 7.68 Å². The molecule has 0 aliphatic heterocycles. The van der Waals surface area contributed by atoms with Crippen LogP contribution in [0.3, 0.4) is 0 Å². The van der Waals surface area contributed by atoms with Crippen LogP contribution in [-0.4, -0.2) is 0 Å². The van der Waals surface area contributed by atoms with Gasteiger partial charge in [0.2, 0.25) is 0 Å². The van der Waals surface area contributed by atoms with Gasteiger partial charge in [0.05, 0.1) is 0 Å². The minimum Gasteiger partial charge on any atom is -0.234 e. The van der Waals surface area contributed by atoms with Crippen molar-refractivity contribution < 1.29 is 26.2 Å². The third-order valence-corrected chi connectivity index (χ3v) is 1.63. The predicted molar refractivity (Wildman–Crippen MR) is 33.2 cm³/mol. The Morgan fingerprint density at radius 3 is 2.00 bits per heavy atom. The molecule has 1 aromatic carbocycles. The fourth-order valence-corrected chi connectivity index (χ4v) is 0.892. The average molecular weight is 195 g/mol. The van der Waals surface area contributed by atoms with E-state index < -0.39 is 7.68 Å². The molecule has 0 aromatic heterocycles. The van der Waals surface area contributed by atoms with Crippen molar-refractivity contribution >= 4 is 13.0 Å². The van der Waals surface area contributed by atoms with Crippen molar-refractivity contribution in [1.82, 2.24) is 0 Å². The van der Waals surface area contributed by atoms with Gasteiger partial charge in [0.25, 0.3) is 0 Å². The normalized spacial score (nSPS) is 8.00. The summed E-state index contributed by atoms with van der Waals surface area (Å²) in [7, 11) is -2.42. The molecule has 2 nitrogen and oxygen atoms in total. The van der Waals surface area contributed by atoms with E-state index in [2.05, 4.69) is 6.07 Å². The number of rotatable bonds is 1. The second-order valence-corrected chi connectivity index (χ2v) is 2.55. The maximum Gasteiger partial charge on any atom is 0.324 e. The van der Waals surface area contributed by atoms with Crippen molar-refractivity contribution in [3.63, 3.8) is 0 Å². The molecule has 10 heavy (non-hydrogen) atoms. The van der Waals surface area contributed by atoms with Crippen LogP contribution in [0.25, 0.3) is 0 Å². The first-order valence-electron chi connectivity index (χ1n) is 2.41. The zero-order valence-corrected chi connectivity index (χ0v) is 6.93. The van der Waals surface area contributed by atoms with Crippen LogP contribution in [0.5, 0.6) is 0 Å². The van der Waals surface area contributed by atoms with Crippen LogP contribution in [0, 0.1) is 6.07 Å². The van der Waals surface area contributed by atoms with Crippen LogP contribution >= 0.6 is 7.68 Å². The van der Waals surface area contributed by atoms with Crippen LogP contribution in [0.1, 0.15) is 0 Å². The van der Waals surface area contributed by atoms with E-state index in [-0.39, 0.29) is 17.1 Å². The summed E-state index contributed by atoms with van der Waals surface area (Å²) < 4.78 is 20.4. The second-order valence-electron chi connectivity index (χ2n) is 1.52. The monoisotopic (exact) mass is 195 g/mol. The predicted octanol–water partition coefficient (Wildman–Crippen LogP) is 1.28. The largest absolute Gasteiger partial charge is 0.324 e. The zero-order valence-electron chi connectivity index (χ0n) is 4.93. The third-order valence-electron chi connectivity index (χ3n) is 0.911.